The fourth-order valence-electron chi connectivity index (χ4n) is 5.11. The molecule has 0 unspecified atom stereocenters. The van der Waals surface area contributed by atoms with Crippen LogP contribution in [-0.4, -0.2) is 29.6 Å². The maximum Gasteiger partial charge on any atom is 0.0942 e. The van der Waals surface area contributed by atoms with Crippen LogP contribution in [0.25, 0.3) is 0 Å². The van der Waals surface area contributed by atoms with Gasteiger partial charge in [-0.15, -0.1) is 0 Å². The van der Waals surface area contributed by atoms with Crippen molar-refractivity contribution in [2.45, 2.75) is 44.1 Å². The van der Waals surface area contributed by atoms with Gasteiger partial charge in [-0.3, -0.25) is 0 Å². The van der Waals surface area contributed by atoms with Crippen LogP contribution in [0.5, 0.6) is 0 Å². The Morgan fingerprint density at radius 3 is 2.43 bits per heavy atom. The van der Waals surface area contributed by atoms with E-state index in [0.29, 0.717) is 17.8 Å². The predicted octanol–water partition coefficient (Wildman–Crippen LogP) is 3.96. The number of piperidine rings is 1. The molecule has 1 N–H and O–H groups in total. The standard InChI is InChI=1S/C21H29NO/c23-21(19-7-3-1-4-8-19,11-14-22-12-5-2-6-13-22)20-16-17-9-10-18(20)15-17/h1,3-4,7-10,17-18,20,23H,2,5-6,11-16H2/t17-,18+,20-,21-/m1/s1. The molecular formula is C21H29NO. The lowest BCUT2D eigenvalue weighted by Crippen LogP contribution is -2.42. The second-order valence-electron chi connectivity index (χ2n) is 7.83. The molecule has 2 heteroatoms. The molecule has 1 aromatic rings. The molecule has 2 fully saturated rings. The Kier molecular flexibility index (Phi) is 4.29. The summed E-state index contributed by atoms with van der Waals surface area (Å²) < 4.78 is 0. The van der Waals surface area contributed by atoms with Crippen LogP contribution in [0.2, 0.25) is 0 Å². The monoisotopic (exact) mass is 311 g/mol. The van der Waals surface area contributed by atoms with Crippen molar-refractivity contribution in [1.82, 2.24) is 4.90 Å². The number of fused-ring (bicyclic) bond motifs is 2. The van der Waals surface area contributed by atoms with E-state index in [0.717, 1.165) is 24.9 Å². The third kappa shape index (κ3) is 2.99. The molecule has 4 rings (SSSR count). The SMILES string of the molecule is O[C@](CCN1CCCCC1)(c1ccccc1)[C@@H]1C[C@@H]2C=C[C@H]1C2. The van der Waals surface area contributed by atoms with E-state index in [1.807, 2.05) is 0 Å². The number of hydrogen-bond acceptors (Lipinski definition) is 2. The van der Waals surface area contributed by atoms with Crippen molar-refractivity contribution >= 4 is 0 Å². The van der Waals surface area contributed by atoms with Gasteiger partial charge in [0.05, 0.1) is 5.60 Å². The molecule has 4 atom stereocenters. The lowest BCUT2D eigenvalue weighted by atomic mass is 9.72. The Balaban J connectivity index is 1.55. The summed E-state index contributed by atoms with van der Waals surface area (Å²) in [7, 11) is 0. The zero-order chi connectivity index (χ0) is 15.7. The minimum atomic E-state index is -0.664. The zero-order valence-electron chi connectivity index (χ0n) is 14.0. The van der Waals surface area contributed by atoms with Crippen LogP contribution in [0, 0.1) is 17.8 Å². The molecular weight excluding hydrogens is 282 g/mol. The van der Waals surface area contributed by atoms with Gasteiger partial charge in [-0.2, -0.15) is 0 Å². The second-order valence-corrected chi connectivity index (χ2v) is 7.83. The summed E-state index contributed by atoms with van der Waals surface area (Å²) in [5.41, 5.74) is 0.464. The lowest BCUT2D eigenvalue weighted by molar-refractivity contribution is -0.0495. The molecule has 0 aromatic heterocycles. The predicted molar refractivity (Wildman–Crippen MR) is 94.1 cm³/mol. The fraction of sp³-hybridized carbons (Fsp3) is 0.619. The van der Waals surface area contributed by atoms with Gasteiger partial charge in [0.15, 0.2) is 0 Å². The van der Waals surface area contributed by atoms with E-state index in [1.165, 1.54) is 38.8 Å². The minimum absolute atomic E-state index is 0.393. The Bertz CT molecular complexity index is 548. The highest BCUT2D eigenvalue weighted by Gasteiger charge is 2.48. The van der Waals surface area contributed by atoms with Crippen LogP contribution >= 0.6 is 0 Å². The summed E-state index contributed by atoms with van der Waals surface area (Å²) in [4.78, 5) is 2.56. The molecule has 2 bridgehead atoms. The lowest BCUT2D eigenvalue weighted by Gasteiger charge is -2.40. The van der Waals surface area contributed by atoms with Gasteiger partial charge in [0, 0.05) is 6.54 Å². The van der Waals surface area contributed by atoms with Crippen LogP contribution in [0.4, 0.5) is 0 Å². The van der Waals surface area contributed by atoms with Crippen LogP contribution in [0.3, 0.4) is 0 Å². The van der Waals surface area contributed by atoms with E-state index in [4.69, 9.17) is 0 Å². The first-order valence-electron chi connectivity index (χ1n) is 9.44. The molecule has 2 aliphatic carbocycles. The highest BCUT2D eigenvalue weighted by atomic mass is 16.3. The topological polar surface area (TPSA) is 23.5 Å². The van der Waals surface area contributed by atoms with Gasteiger partial charge in [-0.1, -0.05) is 48.9 Å². The van der Waals surface area contributed by atoms with E-state index in [-0.39, 0.29) is 0 Å². The van der Waals surface area contributed by atoms with Crippen molar-refractivity contribution in [3.8, 4) is 0 Å². The first kappa shape index (κ1) is 15.4. The number of nitrogens with zero attached hydrogens (tertiary/aromatic N) is 1. The van der Waals surface area contributed by atoms with E-state index < -0.39 is 5.60 Å². The Labute approximate surface area is 140 Å². The summed E-state index contributed by atoms with van der Waals surface area (Å²) in [5.74, 6) is 1.67. The molecule has 1 heterocycles. The van der Waals surface area contributed by atoms with E-state index in [2.05, 4.69) is 47.4 Å². The fourth-order valence-corrected chi connectivity index (χ4v) is 5.11. The minimum Gasteiger partial charge on any atom is -0.385 e. The highest BCUT2D eigenvalue weighted by Crippen LogP contribution is 2.52. The molecule has 1 aliphatic heterocycles. The summed E-state index contributed by atoms with van der Waals surface area (Å²) in [6.45, 7) is 3.45. The van der Waals surface area contributed by atoms with Crippen molar-refractivity contribution in [3.05, 3.63) is 48.0 Å². The number of benzene rings is 1. The van der Waals surface area contributed by atoms with Crippen LogP contribution in [0.1, 0.15) is 44.1 Å². The number of likely N-dealkylation sites (tertiary alicyclic amines) is 1. The summed E-state index contributed by atoms with van der Waals surface area (Å²) in [5, 5.41) is 11.8. The normalized spacial score (nSPS) is 33.0. The maximum absolute atomic E-state index is 11.8. The van der Waals surface area contributed by atoms with E-state index >= 15 is 0 Å². The maximum atomic E-state index is 11.8. The van der Waals surface area contributed by atoms with Crippen LogP contribution in [0.15, 0.2) is 42.5 Å². The van der Waals surface area contributed by atoms with Crippen LogP contribution in [-0.2, 0) is 5.60 Å². The van der Waals surface area contributed by atoms with Gasteiger partial charge in [0.1, 0.15) is 0 Å². The molecule has 0 radical (unpaired) electrons. The molecule has 1 aromatic carbocycles. The van der Waals surface area contributed by atoms with Gasteiger partial charge in [0.2, 0.25) is 0 Å². The number of aliphatic hydroxyl groups is 1. The number of allylic oxidation sites excluding steroid dienone is 2. The number of hydrogen-bond donors (Lipinski definition) is 1. The van der Waals surface area contributed by atoms with Crippen molar-refractivity contribution in [1.29, 1.82) is 0 Å². The summed E-state index contributed by atoms with van der Waals surface area (Å²) >= 11 is 0. The second kappa shape index (κ2) is 6.41. The smallest absolute Gasteiger partial charge is 0.0942 e. The molecule has 1 saturated carbocycles. The average Bonchev–Trinajstić information content (AvgIpc) is 3.25. The first-order valence-corrected chi connectivity index (χ1v) is 9.44. The van der Waals surface area contributed by atoms with Crippen molar-refractivity contribution in [2.75, 3.05) is 19.6 Å². The average molecular weight is 311 g/mol. The Morgan fingerprint density at radius 2 is 1.78 bits per heavy atom. The third-order valence-electron chi connectivity index (χ3n) is 6.42. The van der Waals surface area contributed by atoms with Gasteiger partial charge < -0.3 is 10.0 Å². The highest BCUT2D eigenvalue weighted by molar-refractivity contribution is 5.27. The van der Waals surface area contributed by atoms with Gasteiger partial charge in [0.25, 0.3) is 0 Å². The van der Waals surface area contributed by atoms with E-state index in [9.17, 15) is 5.11 Å². The molecule has 3 aliphatic rings. The van der Waals surface area contributed by atoms with E-state index in [1.54, 1.807) is 0 Å². The van der Waals surface area contributed by atoms with Gasteiger partial charge >= 0.3 is 0 Å². The largest absolute Gasteiger partial charge is 0.385 e. The number of rotatable bonds is 5. The Morgan fingerprint density at radius 1 is 1.00 bits per heavy atom. The molecule has 1 saturated heterocycles. The van der Waals surface area contributed by atoms with Crippen LogP contribution < -0.4 is 0 Å². The molecule has 2 nitrogen and oxygen atoms in total. The van der Waals surface area contributed by atoms with Crippen molar-refractivity contribution < 1.29 is 5.11 Å². The zero-order valence-corrected chi connectivity index (χ0v) is 14.0. The molecule has 0 amide bonds. The Hall–Kier alpha value is -1.12. The molecule has 124 valence electrons. The van der Waals surface area contributed by atoms with Crippen molar-refractivity contribution in [3.63, 3.8) is 0 Å². The third-order valence-corrected chi connectivity index (χ3v) is 6.42. The first-order chi connectivity index (χ1) is 11.3. The summed E-state index contributed by atoms with van der Waals surface area (Å²) in [6, 6.07) is 10.5. The van der Waals surface area contributed by atoms with Crippen molar-refractivity contribution in [2.24, 2.45) is 17.8 Å². The molecule has 0 spiro atoms. The quantitative estimate of drug-likeness (QED) is 0.832. The van der Waals surface area contributed by atoms with Gasteiger partial charge in [-0.25, -0.2) is 0 Å². The molecule has 23 heavy (non-hydrogen) atoms. The summed E-state index contributed by atoms with van der Waals surface area (Å²) in [6.07, 6.45) is 12.0. The van der Waals surface area contributed by atoms with Gasteiger partial charge in [-0.05, 0) is 68.5 Å².